The van der Waals surface area contributed by atoms with E-state index in [1.807, 2.05) is 18.2 Å². The molecule has 0 unspecified atom stereocenters. The van der Waals surface area contributed by atoms with Gasteiger partial charge in [-0.2, -0.15) is 0 Å². The number of rotatable bonds is 3. The molecule has 1 N–H and O–H groups in total. The summed E-state index contributed by atoms with van der Waals surface area (Å²) in [6.45, 7) is 0. The normalized spacial score (nSPS) is 12.0. The van der Waals surface area contributed by atoms with Crippen molar-refractivity contribution >= 4 is 28.4 Å². The van der Waals surface area contributed by atoms with Gasteiger partial charge >= 0.3 is 12.1 Å². The van der Waals surface area contributed by atoms with Crippen LogP contribution in [-0.4, -0.2) is 33.4 Å². The van der Waals surface area contributed by atoms with Crippen LogP contribution in [0.4, 0.5) is 9.80 Å². The van der Waals surface area contributed by atoms with Crippen molar-refractivity contribution in [2.24, 2.45) is 0 Å². The van der Waals surface area contributed by atoms with Crippen molar-refractivity contribution in [1.29, 1.82) is 0 Å². The number of ether oxygens (including phenoxy) is 3. The van der Waals surface area contributed by atoms with Crippen molar-refractivity contribution in [2.75, 3.05) is 26.6 Å². The van der Waals surface area contributed by atoms with Crippen LogP contribution < -0.4 is 10.1 Å². The second-order valence-electron chi connectivity index (χ2n) is 5.24. The molecular formula is C17H17NO5S. The van der Waals surface area contributed by atoms with Crippen LogP contribution in [0.5, 0.6) is 5.75 Å². The Kier molecular flexibility index (Phi) is 4.44. The zero-order valence-electron chi connectivity index (χ0n) is 13.6. The fourth-order valence-corrected chi connectivity index (χ4v) is 4.05. The first-order valence-electron chi connectivity index (χ1n) is 7.35. The highest BCUT2D eigenvalue weighted by molar-refractivity contribution is 7.17. The number of benzene rings is 1. The third kappa shape index (κ3) is 2.71. The fraction of sp³-hybridized carbons (Fsp3) is 0.294. The van der Waals surface area contributed by atoms with Gasteiger partial charge in [-0.15, -0.1) is 11.3 Å². The minimum atomic E-state index is -0.617. The maximum absolute atomic E-state index is 12.3. The predicted molar refractivity (Wildman–Crippen MR) is 91.1 cm³/mol. The highest BCUT2D eigenvalue weighted by Crippen LogP contribution is 2.46. The maximum atomic E-state index is 12.3. The molecule has 2 aromatic rings. The first-order chi connectivity index (χ1) is 11.6. The number of anilines is 1. The zero-order valence-corrected chi connectivity index (χ0v) is 14.4. The van der Waals surface area contributed by atoms with Crippen molar-refractivity contribution in [2.45, 2.75) is 12.8 Å². The monoisotopic (exact) mass is 347 g/mol. The molecule has 1 aromatic carbocycles. The first kappa shape index (κ1) is 16.3. The Morgan fingerprint density at radius 3 is 2.58 bits per heavy atom. The minimum Gasteiger partial charge on any atom is -0.497 e. The van der Waals surface area contributed by atoms with E-state index in [1.54, 1.807) is 7.11 Å². The van der Waals surface area contributed by atoms with Crippen LogP contribution in [0.1, 0.15) is 20.8 Å². The van der Waals surface area contributed by atoms with Gasteiger partial charge < -0.3 is 14.2 Å². The molecule has 7 heteroatoms. The van der Waals surface area contributed by atoms with E-state index in [0.29, 0.717) is 10.6 Å². The van der Waals surface area contributed by atoms with Gasteiger partial charge in [0, 0.05) is 10.4 Å². The summed E-state index contributed by atoms with van der Waals surface area (Å²) in [5, 5.41) is 3.06. The molecule has 0 atom stereocenters. The Morgan fingerprint density at radius 2 is 1.92 bits per heavy atom. The van der Waals surface area contributed by atoms with E-state index in [4.69, 9.17) is 9.47 Å². The summed E-state index contributed by atoms with van der Waals surface area (Å²) < 4.78 is 14.8. The molecular weight excluding hydrogens is 330 g/mol. The van der Waals surface area contributed by atoms with E-state index in [2.05, 4.69) is 10.1 Å². The van der Waals surface area contributed by atoms with Gasteiger partial charge in [0.15, 0.2) is 0 Å². The van der Waals surface area contributed by atoms with Crippen LogP contribution in [0, 0.1) is 0 Å². The number of thiophene rings is 1. The number of hydrogen-bond acceptors (Lipinski definition) is 6. The van der Waals surface area contributed by atoms with E-state index < -0.39 is 12.1 Å². The van der Waals surface area contributed by atoms with Gasteiger partial charge in [-0.3, -0.25) is 5.32 Å². The topological polar surface area (TPSA) is 73.9 Å². The lowest BCUT2D eigenvalue weighted by molar-refractivity contribution is 0.0603. The maximum Gasteiger partial charge on any atom is 0.411 e. The van der Waals surface area contributed by atoms with Crippen LogP contribution in [0.25, 0.3) is 11.1 Å². The van der Waals surface area contributed by atoms with Crippen LogP contribution in [-0.2, 0) is 22.3 Å². The Labute approximate surface area is 143 Å². The van der Waals surface area contributed by atoms with E-state index in [-0.39, 0.29) is 0 Å². The van der Waals surface area contributed by atoms with Crippen LogP contribution in [0.3, 0.4) is 0 Å². The van der Waals surface area contributed by atoms with Crippen molar-refractivity contribution in [3.05, 3.63) is 34.2 Å². The average molecular weight is 347 g/mol. The molecule has 1 heterocycles. The molecule has 3 rings (SSSR count). The molecule has 0 aliphatic heterocycles. The lowest BCUT2D eigenvalue weighted by Gasteiger charge is -2.18. The summed E-state index contributed by atoms with van der Waals surface area (Å²) in [5.41, 5.74) is 3.26. The molecule has 0 radical (unpaired) electrons. The Balaban J connectivity index is 2.17. The summed E-state index contributed by atoms with van der Waals surface area (Å²) in [6.07, 6.45) is 1.01. The number of amides is 1. The van der Waals surface area contributed by atoms with Gasteiger partial charge in [0.05, 0.1) is 21.3 Å². The van der Waals surface area contributed by atoms with Gasteiger partial charge in [0.25, 0.3) is 0 Å². The SMILES string of the molecule is COC(=O)Nc1sc2c(c1C(=O)OC)-c1ccc(OC)cc1CC2. The van der Waals surface area contributed by atoms with Crippen LogP contribution in [0.15, 0.2) is 18.2 Å². The van der Waals surface area contributed by atoms with Gasteiger partial charge in [0.2, 0.25) is 0 Å². The highest BCUT2D eigenvalue weighted by Gasteiger charge is 2.30. The molecule has 0 spiro atoms. The van der Waals surface area contributed by atoms with Crippen molar-refractivity contribution in [3.8, 4) is 16.9 Å². The van der Waals surface area contributed by atoms with Gasteiger partial charge in [-0.05, 0) is 36.1 Å². The quantitative estimate of drug-likeness (QED) is 0.861. The molecule has 0 saturated heterocycles. The largest absolute Gasteiger partial charge is 0.497 e. The number of methoxy groups -OCH3 is 3. The summed E-state index contributed by atoms with van der Waals surface area (Å²) >= 11 is 1.38. The number of esters is 1. The summed E-state index contributed by atoms with van der Waals surface area (Å²) in [6, 6.07) is 5.78. The number of aryl methyl sites for hydroxylation is 2. The summed E-state index contributed by atoms with van der Waals surface area (Å²) in [5.74, 6) is 0.294. The number of nitrogens with one attached hydrogen (secondary N) is 1. The van der Waals surface area contributed by atoms with Crippen LogP contribution >= 0.6 is 11.3 Å². The second kappa shape index (κ2) is 6.52. The minimum absolute atomic E-state index is 0.369. The Morgan fingerprint density at radius 1 is 1.12 bits per heavy atom. The third-order valence-electron chi connectivity index (χ3n) is 3.97. The smallest absolute Gasteiger partial charge is 0.411 e. The van der Waals surface area contributed by atoms with Gasteiger partial charge in [-0.1, -0.05) is 6.07 Å². The molecule has 1 aliphatic rings. The summed E-state index contributed by atoms with van der Waals surface area (Å²) in [7, 11) is 4.23. The van der Waals surface area contributed by atoms with E-state index >= 15 is 0 Å². The second-order valence-corrected chi connectivity index (χ2v) is 6.34. The molecule has 0 bridgehead atoms. The lowest BCUT2D eigenvalue weighted by Crippen LogP contribution is -2.14. The van der Waals surface area contributed by atoms with Crippen molar-refractivity contribution in [3.63, 3.8) is 0 Å². The molecule has 1 aliphatic carbocycles. The predicted octanol–water partition coefficient (Wildman–Crippen LogP) is 3.49. The molecule has 126 valence electrons. The number of hydrogen-bond donors (Lipinski definition) is 1. The first-order valence-corrected chi connectivity index (χ1v) is 8.17. The zero-order chi connectivity index (χ0) is 17.3. The molecule has 0 fully saturated rings. The highest BCUT2D eigenvalue weighted by atomic mass is 32.1. The lowest BCUT2D eigenvalue weighted by atomic mass is 9.88. The number of fused-ring (bicyclic) bond motifs is 3. The Bertz CT molecular complexity index is 812. The standard InChI is InChI=1S/C17H17NO5S/c1-21-10-5-6-11-9(8-10)4-7-12-13(11)14(16(19)22-2)15(24-12)18-17(20)23-3/h5-6,8H,4,7H2,1-3H3,(H,18,20). The van der Waals surface area contributed by atoms with E-state index in [1.165, 1.54) is 25.6 Å². The molecule has 6 nitrogen and oxygen atoms in total. The average Bonchev–Trinajstić information content (AvgIpc) is 2.98. The number of carbonyl (C=O) groups is 2. The molecule has 24 heavy (non-hydrogen) atoms. The van der Waals surface area contributed by atoms with E-state index in [9.17, 15) is 9.59 Å². The van der Waals surface area contributed by atoms with Crippen LogP contribution in [0.2, 0.25) is 0 Å². The molecule has 1 amide bonds. The van der Waals surface area contributed by atoms with Gasteiger partial charge in [-0.25, -0.2) is 9.59 Å². The van der Waals surface area contributed by atoms with Gasteiger partial charge in [0.1, 0.15) is 16.3 Å². The Hall–Kier alpha value is -2.54. The van der Waals surface area contributed by atoms with Crippen molar-refractivity contribution in [1.82, 2.24) is 0 Å². The fourth-order valence-electron chi connectivity index (χ4n) is 2.86. The molecule has 1 aromatic heterocycles. The third-order valence-corrected chi connectivity index (χ3v) is 5.14. The molecule has 0 saturated carbocycles. The van der Waals surface area contributed by atoms with E-state index in [0.717, 1.165) is 40.2 Å². The number of carbonyl (C=O) groups excluding carboxylic acids is 2. The van der Waals surface area contributed by atoms with Crippen molar-refractivity contribution < 1.29 is 23.8 Å². The summed E-state index contributed by atoms with van der Waals surface area (Å²) in [4.78, 5) is 25.0.